The first kappa shape index (κ1) is 35.2. The van der Waals surface area contributed by atoms with Gasteiger partial charge in [0.15, 0.2) is 0 Å². The molecule has 4 aromatic rings. The number of rotatable bonds is 7. The Balaban J connectivity index is 1.09. The van der Waals surface area contributed by atoms with Crippen molar-refractivity contribution in [3.8, 4) is 17.0 Å². The number of aliphatic hydroxyl groups excluding tert-OH is 1. The molecular formula is C39H48N8O5. The molecule has 4 aromatic heterocycles. The number of carbonyl (C=O) groups is 2. The lowest BCUT2D eigenvalue weighted by Crippen LogP contribution is -2.54. The molecule has 13 heteroatoms. The van der Waals surface area contributed by atoms with Gasteiger partial charge < -0.3 is 34.3 Å². The Morgan fingerprint density at radius 3 is 2.54 bits per heavy atom. The van der Waals surface area contributed by atoms with Gasteiger partial charge in [0.25, 0.3) is 5.91 Å². The number of pyridine rings is 3. The number of carbonyl (C=O) groups excluding carboxylic acids is 2. The van der Waals surface area contributed by atoms with Crippen LogP contribution in [-0.4, -0.2) is 86.5 Å². The standard InChI is InChI=1S/C39H48N8O5/c1-24-22-44(37(50)52-38(2,3)4)12-13-45(24)27-8-9-33(41-21-27)43-30-16-26(20-42-35(30)51-7)28-10-11-40-34(29(28)23-48)47-15-14-46-31(36(47)49)17-25-18-39(5,6)19-32(25)46/h8-11,16-17,20-21,24,48H,12-15,18-19,22-23H2,1-7H3,(H,41,43)/t24-/m0/s1. The smallest absolute Gasteiger partial charge is 0.410 e. The average Bonchev–Trinajstić information content (AvgIpc) is 3.59. The maximum Gasteiger partial charge on any atom is 0.410 e. The molecule has 0 saturated carbocycles. The van der Waals surface area contributed by atoms with E-state index >= 15 is 0 Å². The van der Waals surface area contributed by atoms with Crippen molar-refractivity contribution in [1.82, 2.24) is 24.4 Å². The van der Waals surface area contributed by atoms with Crippen LogP contribution in [0.25, 0.3) is 11.1 Å². The normalized spacial score (nSPS) is 18.3. The molecule has 6 heterocycles. The van der Waals surface area contributed by atoms with Crippen molar-refractivity contribution < 1.29 is 24.2 Å². The number of nitrogens with zero attached hydrogens (tertiary/aromatic N) is 7. The van der Waals surface area contributed by atoms with Gasteiger partial charge in [-0.3, -0.25) is 9.69 Å². The van der Waals surface area contributed by atoms with Crippen LogP contribution in [0.5, 0.6) is 5.88 Å². The summed E-state index contributed by atoms with van der Waals surface area (Å²) < 4.78 is 13.3. The summed E-state index contributed by atoms with van der Waals surface area (Å²) in [6, 6.07) is 9.74. The molecule has 0 bridgehead atoms. The maximum atomic E-state index is 13.9. The summed E-state index contributed by atoms with van der Waals surface area (Å²) in [5.41, 5.74) is 6.37. The highest BCUT2D eigenvalue weighted by molar-refractivity contribution is 6.06. The Bertz CT molecular complexity index is 2000. The number of piperazine rings is 1. The molecule has 274 valence electrons. The third kappa shape index (κ3) is 6.76. The quantitative estimate of drug-likeness (QED) is 0.242. The SMILES string of the molecule is COc1ncc(-c2ccnc(N3CCn4c(cc5c4CC(C)(C)C5)C3=O)c2CO)cc1Nc1ccc(N2CCN(C(=O)OC(C)(C)C)C[C@@H]2C)cn1. The van der Waals surface area contributed by atoms with E-state index in [9.17, 15) is 14.7 Å². The Morgan fingerprint density at radius 2 is 1.85 bits per heavy atom. The molecule has 2 N–H and O–H groups in total. The van der Waals surface area contributed by atoms with Gasteiger partial charge in [0.1, 0.15) is 28.6 Å². The zero-order valence-corrected chi connectivity index (χ0v) is 31.1. The number of anilines is 4. The van der Waals surface area contributed by atoms with Gasteiger partial charge in [0, 0.05) is 68.0 Å². The second-order valence-electron chi connectivity index (χ2n) is 15.7. The molecule has 0 radical (unpaired) electrons. The van der Waals surface area contributed by atoms with Crippen LogP contribution in [-0.2, 0) is 30.7 Å². The van der Waals surface area contributed by atoms with E-state index in [1.165, 1.54) is 11.3 Å². The minimum atomic E-state index is -0.538. The Morgan fingerprint density at radius 1 is 1.04 bits per heavy atom. The molecule has 3 aliphatic rings. The van der Waals surface area contributed by atoms with Crippen LogP contribution in [0.3, 0.4) is 0 Å². The summed E-state index contributed by atoms with van der Waals surface area (Å²) in [4.78, 5) is 46.0. The summed E-state index contributed by atoms with van der Waals surface area (Å²) in [7, 11) is 1.56. The van der Waals surface area contributed by atoms with Gasteiger partial charge in [-0.25, -0.2) is 19.7 Å². The molecule has 0 unspecified atom stereocenters. The molecule has 0 aromatic carbocycles. The molecule has 7 rings (SSSR count). The van der Waals surface area contributed by atoms with Crippen LogP contribution >= 0.6 is 0 Å². The summed E-state index contributed by atoms with van der Waals surface area (Å²) in [6.45, 7) is 14.8. The van der Waals surface area contributed by atoms with Crippen LogP contribution < -0.4 is 19.9 Å². The summed E-state index contributed by atoms with van der Waals surface area (Å²) in [5.74, 6) is 1.31. The molecule has 2 aliphatic heterocycles. The fourth-order valence-corrected chi connectivity index (χ4v) is 7.71. The first-order valence-electron chi connectivity index (χ1n) is 17.9. The van der Waals surface area contributed by atoms with Crippen molar-refractivity contribution >= 4 is 35.0 Å². The van der Waals surface area contributed by atoms with Crippen LogP contribution in [0.4, 0.5) is 27.8 Å². The first-order chi connectivity index (χ1) is 24.7. The van der Waals surface area contributed by atoms with Gasteiger partial charge in [-0.05, 0) is 87.4 Å². The van der Waals surface area contributed by atoms with Crippen molar-refractivity contribution in [2.24, 2.45) is 5.41 Å². The van der Waals surface area contributed by atoms with Gasteiger partial charge in [-0.15, -0.1) is 0 Å². The fourth-order valence-electron chi connectivity index (χ4n) is 7.71. The predicted molar refractivity (Wildman–Crippen MR) is 199 cm³/mol. The summed E-state index contributed by atoms with van der Waals surface area (Å²) in [5, 5.41) is 14.0. The van der Waals surface area contributed by atoms with Crippen LogP contribution in [0.1, 0.15) is 68.9 Å². The van der Waals surface area contributed by atoms with Crippen LogP contribution in [0.2, 0.25) is 0 Å². The lowest BCUT2D eigenvalue weighted by molar-refractivity contribution is 0.0218. The third-order valence-electron chi connectivity index (χ3n) is 10.0. The number of nitrogens with one attached hydrogen (secondary N) is 1. The topological polar surface area (TPSA) is 138 Å². The van der Waals surface area contributed by atoms with E-state index in [0.29, 0.717) is 72.7 Å². The molecule has 52 heavy (non-hydrogen) atoms. The number of ether oxygens (including phenoxy) is 2. The van der Waals surface area contributed by atoms with E-state index in [-0.39, 0.29) is 30.1 Å². The number of hydrogen-bond acceptors (Lipinski definition) is 10. The highest BCUT2D eigenvalue weighted by atomic mass is 16.6. The molecule has 2 amide bonds. The van der Waals surface area contributed by atoms with Crippen molar-refractivity contribution in [1.29, 1.82) is 0 Å². The lowest BCUT2D eigenvalue weighted by Gasteiger charge is -2.41. The van der Waals surface area contributed by atoms with Gasteiger partial charge in [0.05, 0.1) is 25.6 Å². The molecule has 1 aliphatic carbocycles. The van der Waals surface area contributed by atoms with Crippen molar-refractivity contribution in [2.75, 3.05) is 48.4 Å². The monoisotopic (exact) mass is 708 g/mol. The summed E-state index contributed by atoms with van der Waals surface area (Å²) >= 11 is 0. The van der Waals surface area contributed by atoms with E-state index in [2.05, 4.69) is 50.5 Å². The van der Waals surface area contributed by atoms with E-state index in [1.54, 1.807) is 29.3 Å². The number of amides is 2. The van der Waals surface area contributed by atoms with Crippen molar-refractivity contribution in [2.45, 2.75) is 79.2 Å². The second-order valence-corrected chi connectivity index (χ2v) is 15.7. The Hall–Kier alpha value is -5.17. The van der Waals surface area contributed by atoms with Gasteiger partial charge in [0.2, 0.25) is 5.88 Å². The Kier molecular flexibility index (Phi) is 9.10. The summed E-state index contributed by atoms with van der Waals surface area (Å²) in [6.07, 6.45) is 6.79. The second kappa shape index (κ2) is 13.4. The van der Waals surface area contributed by atoms with Crippen LogP contribution in [0, 0.1) is 5.41 Å². The lowest BCUT2D eigenvalue weighted by atomic mass is 9.90. The highest BCUT2D eigenvalue weighted by Crippen LogP contribution is 2.40. The first-order valence-corrected chi connectivity index (χ1v) is 17.9. The number of fused-ring (bicyclic) bond motifs is 3. The van der Waals surface area contributed by atoms with E-state index in [0.717, 1.165) is 24.1 Å². The minimum Gasteiger partial charge on any atom is -0.480 e. The van der Waals surface area contributed by atoms with E-state index < -0.39 is 5.60 Å². The van der Waals surface area contributed by atoms with Gasteiger partial charge in [-0.1, -0.05) is 13.8 Å². The molecule has 0 spiro atoms. The molecule has 1 fully saturated rings. The van der Waals surface area contributed by atoms with Gasteiger partial charge in [-0.2, -0.15) is 0 Å². The predicted octanol–water partition coefficient (Wildman–Crippen LogP) is 5.82. The van der Waals surface area contributed by atoms with Crippen molar-refractivity contribution in [3.63, 3.8) is 0 Å². The van der Waals surface area contributed by atoms with E-state index in [4.69, 9.17) is 9.47 Å². The molecule has 1 saturated heterocycles. The molecule has 13 nitrogen and oxygen atoms in total. The number of methoxy groups -OCH3 is 1. The zero-order valence-electron chi connectivity index (χ0n) is 31.1. The average molecular weight is 709 g/mol. The van der Waals surface area contributed by atoms with E-state index in [1.807, 2.05) is 57.3 Å². The zero-order chi connectivity index (χ0) is 36.9. The van der Waals surface area contributed by atoms with Crippen LogP contribution in [0.15, 0.2) is 48.9 Å². The minimum absolute atomic E-state index is 0.0766. The Labute approximate surface area is 304 Å². The fraction of sp³-hybridized carbons (Fsp3) is 0.462. The largest absolute Gasteiger partial charge is 0.480 e. The van der Waals surface area contributed by atoms with Crippen molar-refractivity contribution in [3.05, 3.63) is 71.4 Å². The maximum absolute atomic E-state index is 13.9. The number of hydrogen-bond donors (Lipinski definition) is 2. The molecule has 1 atom stereocenters. The molecular weight excluding hydrogens is 660 g/mol. The highest BCUT2D eigenvalue weighted by Gasteiger charge is 2.38. The third-order valence-corrected chi connectivity index (χ3v) is 10.0. The number of aromatic nitrogens is 4. The van der Waals surface area contributed by atoms with Gasteiger partial charge >= 0.3 is 6.09 Å². The number of aliphatic hydroxyl groups is 1.